The van der Waals surface area contributed by atoms with E-state index in [1.165, 1.54) is 26.1 Å². The molecule has 0 heterocycles. The molecule has 0 N–H and O–H groups in total. The van der Waals surface area contributed by atoms with Crippen LogP contribution in [-0.2, 0) is 25.9 Å². The maximum atomic E-state index is 2.36. The second-order valence-corrected chi connectivity index (χ2v) is 6.74. The van der Waals surface area contributed by atoms with Crippen molar-refractivity contribution in [3.8, 4) is 0 Å². The molecule has 114 valence electrons. The molecule has 0 aromatic heterocycles. The minimum absolute atomic E-state index is 0. The number of allylic oxidation sites excluding steroid dienone is 4. The van der Waals surface area contributed by atoms with E-state index in [9.17, 15) is 0 Å². The molecular weight excluding hydrogens is 358 g/mol. The molecule has 21 heavy (non-hydrogen) atoms. The summed E-state index contributed by atoms with van der Waals surface area (Å²) >= 11 is 2.24. The summed E-state index contributed by atoms with van der Waals surface area (Å²) in [5.41, 5.74) is 7.41. The van der Waals surface area contributed by atoms with Gasteiger partial charge in [-0.05, 0) is 0 Å². The van der Waals surface area contributed by atoms with Crippen molar-refractivity contribution in [1.29, 1.82) is 0 Å². The summed E-state index contributed by atoms with van der Waals surface area (Å²) in [4.78, 5) is 0. The molecule has 0 fully saturated rings. The second kappa shape index (κ2) is 8.80. The van der Waals surface area contributed by atoms with Gasteiger partial charge in [0.2, 0.25) is 0 Å². The fourth-order valence-corrected chi connectivity index (χ4v) is 4.25. The Kier molecular flexibility index (Phi) is 9.86. The number of hydrogen-bond acceptors (Lipinski definition) is 0. The Balaban J connectivity index is 0. The number of hydrogen-bond donors (Lipinski definition) is 0. The number of aryl methyl sites for hydroxylation is 3. The zero-order valence-electron chi connectivity index (χ0n) is 13.2. The summed E-state index contributed by atoms with van der Waals surface area (Å²) in [7, 11) is 0. The van der Waals surface area contributed by atoms with Crippen molar-refractivity contribution >= 4 is 0 Å². The largest absolute Gasteiger partial charge is 1.00 e. The van der Waals surface area contributed by atoms with Crippen molar-refractivity contribution in [3.63, 3.8) is 0 Å². The van der Waals surface area contributed by atoms with Crippen molar-refractivity contribution < 1.29 is 57.7 Å². The van der Waals surface area contributed by atoms with Gasteiger partial charge in [0.1, 0.15) is 0 Å². The minimum atomic E-state index is 0. The SMILES string of the molecule is Cc1cc(C)c(C(C)(C)C2=[C]([Ti+3])C=CC2)c(C)c1.[Cl-].[Cl-].[Cl-]. The van der Waals surface area contributed by atoms with E-state index in [0.717, 1.165) is 6.42 Å². The normalized spacial score (nSPS) is 13.5. The van der Waals surface area contributed by atoms with Crippen LogP contribution in [0, 0.1) is 20.8 Å². The fraction of sp³-hybridized carbons (Fsp3) is 0.412. The van der Waals surface area contributed by atoms with Gasteiger partial charge in [0.25, 0.3) is 0 Å². The maximum Gasteiger partial charge on any atom is -1.00 e. The summed E-state index contributed by atoms with van der Waals surface area (Å²) < 4.78 is 1.44. The van der Waals surface area contributed by atoms with Gasteiger partial charge in [-0.25, -0.2) is 0 Å². The van der Waals surface area contributed by atoms with Gasteiger partial charge in [0.15, 0.2) is 0 Å². The van der Waals surface area contributed by atoms with E-state index in [2.05, 4.69) is 79.3 Å². The van der Waals surface area contributed by atoms with Crippen LogP contribution in [0.15, 0.2) is 33.7 Å². The van der Waals surface area contributed by atoms with Crippen LogP contribution in [0.3, 0.4) is 0 Å². The molecule has 1 aliphatic rings. The smallest absolute Gasteiger partial charge is 1.00 e. The van der Waals surface area contributed by atoms with Crippen molar-refractivity contribution in [3.05, 3.63) is 56.0 Å². The van der Waals surface area contributed by atoms with E-state index in [4.69, 9.17) is 0 Å². The van der Waals surface area contributed by atoms with E-state index in [1.54, 1.807) is 5.57 Å². The molecule has 0 nitrogen and oxygen atoms in total. The Bertz CT molecular complexity index is 534. The molecule has 0 saturated heterocycles. The summed E-state index contributed by atoms with van der Waals surface area (Å²) in [5, 5.41) is 0. The van der Waals surface area contributed by atoms with Gasteiger partial charge in [-0.3, -0.25) is 0 Å². The Labute approximate surface area is 159 Å². The summed E-state index contributed by atoms with van der Waals surface area (Å²) in [5.74, 6) is 0. The molecule has 0 unspecified atom stereocenters. The maximum absolute atomic E-state index is 2.36. The first-order valence-electron chi connectivity index (χ1n) is 6.54. The van der Waals surface area contributed by atoms with Crippen LogP contribution in [0.4, 0.5) is 0 Å². The average molecular weight is 380 g/mol. The van der Waals surface area contributed by atoms with Gasteiger partial charge in [-0.1, -0.05) is 0 Å². The molecule has 0 atom stereocenters. The molecule has 1 aromatic rings. The van der Waals surface area contributed by atoms with Gasteiger partial charge < -0.3 is 37.2 Å². The van der Waals surface area contributed by atoms with Crippen LogP contribution >= 0.6 is 0 Å². The molecule has 0 bridgehead atoms. The first kappa shape index (κ1) is 23.5. The zero-order valence-corrected chi connectivity index (χ0v) is 17.0. The van der Waals surface area contributed by atoms with Gasteiger partial charge in [0.05, 0.1) is 0 Å². The number of rotatable bonds is 2. The molecule has 2 rings (SSSR count). The third kappa shape index (κ3) is 4.63. The second-order valence-electron chi connectivity index (χ2n) is 5.90. The van der Waals surface area contributed by atoms with Crippen LogP contribution < -0.4 is 37.2 Å². The van der Waals surface area contributed by atoms with E-state index in [0.29, 0.717) is 0 Å². The molecular formula is C17H21Cl3Ti. The predicted octanol–water partition coefficient (Wildman–Crippen LogP) is -4.34. The first-order chi connectivity index (χ1) is 8.34. The van der Waals surface area contributed by atoms with E-state index in [1.807, 2.05) is 0 Å². The summed E-state index contributed by atoms with van der Waals surface area (Å²) in [6.07, 6.45) is 5.65. The van der Waals surface area contributed by atoms with Crippen molar-refractivity contribution in [1.82, 2.24) is 0 Å². The first-order valence-corrected chi connectivity index (χ1v) is 7.32. The minimum Gasteiger partial charge on any atom is -1.00 e. The monoisotopic (exact) mass is 378 g/mol. The van der Waals surface area contributed by atoms with Gasteiger partial charge in [0, 0.05) is 0 Å². The van der Waals surface area contributed by atoms with E-state index >= 15 is 0 Å². The zero-order chi connectivity index (χ0) is 13.5. The molecule has 4 heteroatoms. The quantitative estimate of drug-likeness (QED) is 0.456. The van der Waals surface area contributed by atoms with Crippen molar-refractivity contribution in [2.45, 2.75) is 46.5 Å². The Morgan fingerprint density at radius 1 is 0.952 bits per heavy atom. The molecule has 1 aliphatic carbocycles. The predicted molar refractivity (Wildman–Crippen MR) is 74.5 cm³/mol. The molecule has 0 saturated carbocycles. The van der Waals surface area contributed by atoms with Crippen molar-refractivity contribution in [2.24, 2.45) is 0 Å². The van der Waals surface area contributed by atoms with Crippen LogP contribution in [0.25, 0.3) is 0 Å². The molecule has 0 spiro atoms. The average Bonchev–Trinajstić information content (AvgIpc) is 2.62. The Morgan fingerprint density at radius 2 is 1.43 bits per heavy atom. The van der Waals surface area contributed by atoms with Gasteiger partial charge in [-0.2, -0.15) is 0 Å². The molecule has 0 amide bonds. The third-order valence-electron chi connectivity index (χ3n) is 3.99. The number of benzene rings is 1. The summed E-state index contributed by atoms with van der Waals surface area (Å²) in [6.45, 7) is 11.4. The standard InChI is InChI=1S/C17H21.3ClH.Ti/c1-12-10-13(2)16(14(3)11-12)17(4,5)15-8-6-7-9-15;;;;/h6-7,10-11H,8H2,1-5H3;3*1H;/q;;;;+3/p-3. The van der Waals surface area contributed by atoms with Crippen molar-refractivity contribution in [2.75, 3.05) is 0 Å². The number of halogens is 3. The van der Waals surface area contributed by atoms with Crippen LogP contribution in [-0.4, -0.2) is 0 Å². The molecule has 1 aromatic carbocycles. The topological polar surface area (TPSA) is 0 Å². The van der Waals surface area contributed by atoms with Gasteiger partial charge >= 0.3 is 123 Å². The Morgan fingerprint density at radius 3 is 1.81 bits per heavy atom. The molecule has 0 aliphatic heterocycles. The fourth-order valence-electron chi connectivity index (χ4n) is 3.41. The van der Waals surface area contributed by atoms with E-state index in [-0.39, 0.29) is 42.6 Å². The van der Waals surface area contributed by atoms with Gasteiger partial charge in [-0.15, -0.1) is 0 Å². The molecule has 0 radical (unpaired) electrons. The summed E-state index contributed by atoms with van der Waals surface area (Å²) in [6, 6.07) is 4.62. The van der Waals surface area contributed by atoms with E-state index < -0.39 is 0 Å². The van der Waals surface area contributed by atoms with Crippen LogP contribution in [0.1, 0.15) is 42.5 Å². The third-order valence-corrected chi connectivity index (χ3v) is 4.72. The Hall–Kier alpha value is 0.284. The van der Waals surface area contributed by atoms with Crippen LogP contribution in [0.2, 0.25) is 0 Å². The van der Waals surface area contributed by atoms with Crippen LogP contribution in [0.5, 0.6) is 0 Å².